The molecule has 0 bridgehead atoms. The van der Waals surface area contributed by atoms with Crippen LogP contribution in [0, 0.1) is 17.5 Å². The molecule has 0 aromatic heterocycles. The standard InChI is InChI=1S/C20H15F3O/c21-17-7-1-14(2-8-17)20(13-24,15-3-9-18(22)10-4-15)16-5-11-19(23)12-6-16/h1-12,24H,13H2. The Labute approximate surface area is 138 Å². The van der Waals surface area contributed by atoms with E-state index in [2.05, 4.69) is 0 Å². The topological polar surface area (TPSA) is 20.2 Å². The molecule has 0 aliphatic rings. The number of halogens is 3. The SMILES string of the molecule is OCC(c1ccc(F)cc1)(c1ccc(F)cc1)c1ccc(F)cc1. The summed E-state index contributed by atoms with van der Waals surface area (Å²) in [5.41, 5.74) is 0.841. The van der Waals surface area contributed by atoms with Crippen LogP contribution in [0.4, 0.5) is 13.2 Å². The van der Waals surface area contributed by atoms with Crippen molar-refractivity contribution in [2.45, 2.75) is 5.41 Å². The molecule has 3 rings (SSSR count). The van der Waals surface area contributed by atoms with Gasteiger partial charge in [0, 0.05) is 0 Å². The van der Waals surface area contributed by atoms with Crippen molar-refractivity contribution in [3.63, 3.8) is 0 Å². The Morgan fingerprint density at radius 1 is 0.542 bits per heavy atom. The fraction of sp³-hybridized carbons (Fsp3) is 0.100. The minimum atomic E-state index is -1.05. The minimum absolute atomic E-state index is 0.337. The van der Waals surface area contributed by atoms with Crippen LogP contribution in [0.5, 0.6) is 0 Å². The van der Waals surface area contributed by atoms with Crippen LogP contribution in [0.1, 0.15) is 16.7 Å². The van der Waals surface area contributed by atoms with Crippen LogP contribution in [0.3, 0.4) is 0 Å². The van der Waals surface area contributed by atoms with Gasteiger partial charge in [-0.2, -0.15) is 0 Å². The van der Waals surface area contributed by atoms with Crippen molar-refractivity contribution in [2.75, 3.05) is 6.61 Å². The summed E-state index contributed by atoms with van der Waals surface area (Å²) in [5, 5.41) is 10.3. The van der Waals surface area contributed by atoms with E-state index in [-0.39, 0.29) is 6.61 Å². The zero-order valence-electron chi connectivity index (χ0n) is 12.7. The summed E-state index contributed by atoms with van der Waals surface area (Å²) >= 11 is 0. The first kappa shape index (κ1) is 16.3. The van der Waals surface area contributed by atoms with Gasteiger partial charge in [-0.05, 0) is 53.1 Å². The van der Waals surface area contributed by atoms with Crippen LogP contribution in [0.2, 0.25) is 0 Å². The monoisotopic (exact) mass is 328 g/mol. The number of hydrogen-bond acceptors (Lipinski definition) is 1. The van der Waals surface area contributed by atoms with E-state index in [1.807, 2.05) is 0 Å². The molecule has 122 valence electrons. The first-order valence-corrected chi connectivity index (χ1v) is 7.45. The number of aliphatic hydroxyl groups excluding tert-OH is 1. The molecule has 0 atom stereocenters. The smallest absolute Gasteiger partial charge is 0.123 e. The Morgan fingerprint density at radius 3 is 1.00 bits per heavy atom. The molecule has 24 heavy (non-hydrogen) atoms. The van der Waals surface area contributed by atoms with E-state index in [1.54, 1.807) is 36.4 Å². The van der Waals surface area contributed by atoms with Crippen molar-refractivity contribution in [3.8, 4) is 0 Å². The van der Waals surface area contributed by atoms with Gasteiger partial charge in [0.05, 0.1) is 12.0 Å². The van der Waals surface area contributed by atoms with Crippen molar-refractivity contribution >= 4 is 0 Å². The van der Waals surface area contributed by atoms with Crippen LogP contribution in [-0.4, -0.2) is 11.7 Å². The summed E-state index contributed by atoms with van der Waals surface area (Å²) in [5.74, 6) is -1.20. The van der Waals surface area contributed by atoms with Crippen molar-refractivity contribution in [1.29, 1.82) is 0 Å². The number of aliphatic hydroxyl groups is 1. The predicted octanol–water partition coefficient (Wildman–Crippen LogP) is 4.43. The van der Waals surface area contributed by atoms with Gasteiger partial charge in [0.25, 0.3) is 0 Å². The number of benzene rings is 3. The maximum atomic E-state index is 13.3. The van der Waals surface area contributed by atoms with Crippen LogP contribution >= 0.6 is 0 Å². The molecule has 0 spiro atoms. The molecule has 0 radical (unpaired) electrons. The summed E-state index contributed by atoms with van der Waals surface area (Å²) in [7, 11) is 0. The minimum Gasteiger partial charge on any atom is -0.395 e. The van der Waals surface area contributed by atoms with Gasteiger partial charge >= 0.3 is 0 Å². The highest BCUT2D eigenvalue weighted by atomic mass is 19.1. The van der Waals surface area contributed by atoms with E-state index in [1.165, 1.54) is 36.4 Å². The molecule has 3 aromatic rings. The molecule has 0 saturated carbocycles. The molecule has 0 amide bonds. The van der Waals surface area contributed by atoms with Crippen molar-refractivity contribution in [2.24, 2.45) is 0 Å². The second-order valence-electron chi connectivity index (χ2n) is 5.58. The van der Waals surface area contributed by atoms with Crippen molar-refractivity contribution < 1.29 is 18.3 Å². The third kappa shape index (κ3) is 2.81. The highest BCUT2D eigenvalue weighted by molar-refractivity contribution is 5.50. The average molecular weight is 328 g/mol. The highest BCUT2D eigenvalue weighted by Gasteiger charge is 2.36. The summed E-state index contributed by atoms with van der Waals surface area (Å²) < 4.78 is 40.0. The highest BCUT2D eigenvalue weighted by Crippen LogP contribution is 2.39. The second kappa shape index (κ2) is 6.49. The van der Waals surface area contributed by atoms with E-state index in [0.717, 1.165) is 0 Å². The molecule has 1 nitrogen and oxygen atoms in total. The normalized spacial score (nSPS) is 11.5. The molecule has 0 aliphatic carbocycles. The fourth-order valence-electron chi connectivity index (χ4n) is 2.98. The molecule has 1 N–H and O–H groups in total. The van der Waals surface area contributed by atoms with E-state index in [9.17, 15) is 18.3 Å². The quantitative estimate of drug-likeness (QED) is 0.703. The lowest BCUT2D eigenvalue weighted by atomic mass is 9.70. The first-order chi connectivity index (χ1) is 11.6. The van der Waals surface area contributed by atoms with Gasteiger partial charge in [0.15, 0.2) is 0 Å². The third-order valence-electron chi connectivity index (χ3n) is 4.25. The number of hydrogen-bond donors (Lipinski definition) is 1. The lowest BCUT2D eigenvalue weighted by molar-refractivity contribution is 0.242. The average Bonchev–Trinajstić information content (AvgIpc) is 2.60. The zero-order valence-corrected chi connectivity index (χ0v) is 12.7. The largest absolute Gasteiger partial charge is 0.395 e. The van der Waals surface area contributed by atoms with Crippen LogP contribution in [-0.2, 0) is 5.41 Å². The molecule has 4 heteroatoms. The summed E-state index contributed by atoms with van der Waals surface area (Å²) in [6, 6.07) is 17.2. The van der Waals surface area contributed by atoms with E-state index in [4.69, 9.17) is 0 Å². The summed E-state index contributed by atoms with van der Waals surface area (Å²) in [6.07, 6.45) is 0. The van der Waals surface area contributed by atoms with Gasteiger partial charge in [0.2, 0.25) is 0 Å². The Balaban J connectivity index is 2.27. The molecular weight excluding hydrogens is 313 g/mol. The van der Waals surface area contributed by atoms with E-state index < -0.39 is 22.9 Å². The Morgan fingerprint density at radius 2 is 0.792 bits per heavy atom. The number of rotatable bonds is 4. The Kier molecular flexibility index (Phi) is 4.40. The zero-order chi connectivity index (χ0) is 17.2. The van der Waals surface area contributed by atoms with Crippen LogP contribution < -0.4 is 0 Å². The molecule has 0 heterocycles. The molecular formula is C20H15F3O. The lowest BCUT2D eigenvalue weighted by Crippen LogP contribution is -2.33. The molecule has 3 aromatic carbocycles. The van der Waals surface area contributed by atoms with Crippen molar-refractivity contribution in [3.05, 3.63) is 107 Å². The van der Waals surface area contributed by atoms with Crippen LogP contribution in [0.15, 0.2) is 72.8 Å². The van der Waals surface area contributed by atoms with Gasteiger partial charge in [0.1, 0.15) is 17.5 Å². The van der Waals surface area contributed by atoms with E-state index in [0.29, 0.717) is 16.7 Å². The lowest BCUT2D eigenvalue weighted by Gasteiger charge is -2.34. The Bertz CT molecular complexity index is 698. The molecule has 0 aliphatic heterocycles. The van der Waals surface area contributed by atoms with Crippen molar-refractivity contribution in [1.82, 2.24) is 0 Å². The van der Waals surface area contributed by atoms with Gasteiger partial charge in [-0.3, -0.25) is 0 Å². The molecule has 0 saturated heterocycles. The molecule has 0 fully saturated rings. The van der Waals surface area contributed by atoms with Crippen LogP contribution in [0.25, 0.3) is 0 Å². The maximum absolute atomic E-state index is 13.3. The fourth-order valence-corrected chi connectivity index (χ4v) is 2.98. The van der Waals surface area contributed by atoms with E-state index >= 15 is 0 Å². The van der Waals surface area contributed by atoms with Gasteiger partial charge in [-0.1, -0.05) is 36.4 Å². The predicted molar refractivity (Wildman–Crippen MR) is 86.2 cm³/mol. The second-order valence-corrected chi connectivity index (χ2v) is 5.58. The summed E-state index contributed by atoms with van der Waals surface area (Å²) in [4.78, 5) is 0. The first-order valence-electron chi connectivity index (χ1n) is 7.45. The van der Waals surface area contributed by atoms with Gasteiger partial charge in [-0.25, -0.2) is 13.2 Å². The summed E-state index contributed by atoms with van der Waals surface area (Å²) in [6.45, 7) is -0.337. The molecule has 0 unspecified atom stereocenters. The third-order valence-corrected chi connectivity index (χ3v) is 4.25. The maximum Gasteiger partial charge on any atom is 0.123 e. The Hall–Kier alpha value is -2.59. The van der Waals surface area contributed by atoms with Gasteiger partial charge in [-0.15, -0.1) is 0 Å². The van der Waals surface area contributed by atoms with Gasteiger partial charge < -0.3 is 5.11 Å².